The van der Waals surface area contributed by atoms with E-state index < -0.39 is 0 Å². The predicted molar refractivity (Wildman–Crippen MR) is 114 cm³/mol. The highest BCUT2D eigenvalue weighted by atomic mass is 127. The number of amides is 1. The largest absolute Gasteiger partial charge is 0.382 e. The molecule has 1 amide bonds. The number of benzene rings is 1. The molecule has 0 spiro atoms. The van der Waals surface area contributed by atoms with Gasteiger partial charge in [0.25, 0.3) is 5.91 Å². The van der Waals surface area contributed by atoms with Gasteiger partial charge in [-0.2, -0.15) is 0 Å². The summed E-state index contributed by atoms with van der Waals surface area (Å²) in [7, 11) is 1.63. The van der Waals surface area contributed by atoms with E-state index in [0.29, 0.717) is 12.1 Å². The van der Waals surface area contributed by atoms with E-state index in [4.69, 9.17) is 4.74 Å². The summed E-state index contributed by atoms with van der Waals surface area (Å²) < 4.78 is 5.33. The number of halogens is 1. The van der Waals surface area contributed by atoms with Gasteiger partial charge in [-0.25, -0.2) is 4.99 Å². The van der Waals surface area contributed by atoms with Gasteiger partial charge in [0.15, 0.2) is 5.96 Å². The molecule has 3 N–H and O–H groups in total. The summed E-state index contributed by atoms with van der Waals surface area (Å²) in [6.45, 7) is 7.82. The Morgan fingerprint density at radius 3 is 2.68 bits per heavy atom. The molecule has 0 saturated carbocycles. The Bertz CT molecular complexity index is 524. The van der Waals surface area contributed by atoms with Crippen molar-refractivity contribution in [3.63, 3.8) is 0 Å². The van der Waals surface area contributed by atoms with Crippen LogP contribution in [0, 0.1) is 0 Å². The summed E-state index contributed by atoms with van der Waals surface area (Å²) in [6.07, 6.45) is 2.07. The Balaban J connectivity index is 0.00000576. The van der Waals surface area contributed by atoms with Gasteiger partial charge in [0.2, 0.25) is 0 Å². The second-order valence-electron chi connectivity index (χ2n) is 5.31. The Hall–Kier alpha value is -1.35. The Kier molecular flexibility index (Phi) is 14.1. The third-order valence-corrected chi connectivity index (χ3v) is 3.39. The van der Waals surface area contributed by atoms with Crippen LogP contribution in [0.2, 0.25) is 0 Å². The van der Waals surface area contributed by atoms with Crippen molar-refractivity contribution in [2.24, 2.45) is 4.99 Å². The molecule has 1 aromatic carbocycles. The summed E-state index contributed by atoms with van der Waals surface area (Å²) in [4.78, 5) is 16.2. The molecule has 0 aliphatic rings. The van der Waals surface area contributed by atoms with Crippen LogP contribution in [0.15, 0.2) is 29.3 Å². The number of hydrogen-bond acceptors (Lipinski definition) is 3. The van der Waals surface area contributed by atoms with Crippen LogP contribution in [0.3, 0.4) is 0 Å². The number of nitrogens with one attached hydrogen (secondary N) is 3. The maximum Gasteiger partial charge on any atom is 0.251 e. The molecule has 25 heavy (non-hydrogen) atoms. The van der Waals surface area contributed by atoms with Crippen LogP contribution in [-0.2, 0) is 11.3 Å². The number of nitrogens with zero attached hydrogens (tertiary/aromatic N) is 1. The first kappa shape index (κ1) is 23.6. The van der Waals surface area contributed by atoms with Crippen molar-refractivity contribution in [2.45, 2.75) is 33.2 Å². The van der Waals surface area contributed by atoms with Gasteiger partial charge in [-0.15, -0.1) is 24.0 Å². The van der Waals surface area contributed by atoms with Gasteiger partial charge in [-0.05, 0) is 44.4 Å². The van der Waals surface area contributed by atoms with Crippen molar-refractivity contribution >= 4 is 35.8 Å². The molecule has 0 radical (unpaired) electrons. The standard InChI is InChI=1S/C18H30N4O2.HI/c1-4-20-18(21-11-6-7-12-24-5-2)22-14-15-9-8-10-16(13-15)17(23)19-3;/h8-10,13H,4-7,11-12,14H2,1-3H3,(H,19,23)(H2,20,21,22);1H. The summed E-state index contributed by atoms with van der Waals surface area (Å²) in [5.74, 6) is 0.708. The molecule has 0 aliphatic heterocycles. The summed E-state index contributed by atoms with van der Waals surface area (Å²) in [5, 5.41) is 9.19. The molecular weight excluding hydrogens is 431 g/mol. The maximum absolute atomic E-state index is 11.7. The van der Waals surface area contributed by atoms with Crippen LogP contribution < -0.4 is 16.0 Å². The second kappa shape index (κ2) is 14.9. The fraction of sp³-hybridized carbons (Fsp3) is 0.556. The highest BCUT2D eigenvalue weighted by Crippen LogP contribution is 2.06. The SMILES string of the molecule is CCNC(=NCc1cccc(C(=O)NC)c1)NCCCCOCC.I. The number of rotatable bonds is 10. The minimum atomic E-state index is -0.0832. The van der Waals surface area contributed by atoms with Gasteiger partial charge in [0.05, 0.1) is 6.54 Å². The lowest BCUT2D eigenvalue weighted by Gasteiger charge is -2.11. The molecule has 6 nitrogen and oxygen atoms in total. The highest BCUT2D eigenvalue weighted by molar-refractivity contribution is 14.0. The third kappa shape index (κ3) is 10.3. The van der Waals surface area contributed by atoms with Crippen molar-refractivity contribution in [1.82, 2.24) is 16.0 Å². The van der Waals surface area contributed by atoms with Gasteiger partial charge >= 0.3 is 0 Å². The number of carbonyl (C=O) groups is 1. The van der Waals surface area contributed by atoms with E-state index >= 15 is 0 Å². The Morgan fingerprint density at radius 2 is 2.00 bits per heavy atom. The number of ether oxygens (including phenoxy) is 1. The monoisotopic (exact) mass is 462 g/mol. The molecule has 1 aromatic rings. The van der Waals surface area contributed by atoms with Crippen LogP contribution in [-0.4, -0.2) is 45.2 Å². The van der Waals surface area contributed by atoms with Crippen LogP contribution in [0.5, 0.6) is 0 Å². The molecule has 0 aliphatic carbocycles. The number of hydrogen-bond donors (Lipinski definition) is 3. The topological polar surface area (TPSA) is 74.8 Å². The van der Waals surface area contributed by atoms with Crippen LogP contribution in [0.1, 0.15) is 42.6 Å². The molecule has 0 bridgehead atoms. The van der Waals surface area contributed by atoms with E-state index in [2.05, 4.69) is 20.9 Å². The molecule has 142 valence electrons. The number of unbranched alkanes of at least 4 members (excludes halogenated alkanes) is 1. The van der Waals surface area contributed by atoms with Gasteiger partial charge in [0.1, 0.15) is 0 Å². The first-order valence-corrected chi connectivity index (χ1v) is 8.62. The summed E-state index contributed by atoms with van der Waals surface area (Å²) >= 11 is 0. The fourth-order valence-corrected chi connectivity index (χ4v) is 2.15. The maximum atomic E-state index is 11.7. The lowest BCUT2D eigenvalue weighted by Crippen LogP contribution is -2.37. The number of carbonyl (C=O) groups excluding carboxylic acids is 1. The smallest absolute Gasteiger partial charge is 0.251 e. The van der Waals surface area contributed by atoms with E-state index in [1.165, 1.54) is 0 Å². The van der Waals surface area contributed by atoms with E-state index in [1.54, 1.807) is 13.1 Å². The van der Waals surface area contributed by atoms with Crippen molar-refractivity contribution in [3.8, 4) is 0 Å². The first-order valence-electron chi connectivity index (χ1n) is 8.62. The zero-order chi connectivity index (χ0) is 17.6. The summed E-state index contributed by atoms with van der Waals surface area (Å²) in [5.41, 5.74) is 1.66. The van der Waals surface area contributed by atoms with E-state index in [9.17, 15) is 4.79 Å². The van der Waals surface area contributed by atoms with Gasteiger partial charge in [-0.3, -0.25) is 4.79 Å². The molecule has 1 rings (SSSR count). The molecular formula is C18H31IN4O2. The minimum Gasteiger partial charge on any atom is -0.382 e. The van der Waals surface area contributed by atoms with Crippen LogP contribution in [0.4, 0.5) is 0 Å². The molecule has 0 atom stereocenters. The molecule has 7 heteroatoms. The molecule has 0 saturated heterocycles. The van der Waals surface area contributed by atoms with E-state index in [0.717, 1.165) is 50.7 Å². The Labute approximate surface area is 168 Å². The fourth-order valence-electron chi connectivity index (χ4n) is 2.15. The quantitative estimate of drug-likeness (QED) is 0.216. The number of aliphatic imine (C=N–C) groups is 1. The third-order valence-electron chi connectivity index (χ3n) is 3.39. The van der Waals surface area contributed by atoms with E-state index in [-0.39, 0.29) is 29.9 Å². The molecule has 0 aromatic heterocycles. The normalized spacial score (nSPS) is 10.8. The average molecular weight is 462 g/mol. The second-order valence-corrected chi connectivity index (χ2v) is 5.31. The lowest BCUT2D eigenvalue weighted by atomic mass is 10.1. The van der Waals surface area contributed by atoms with Crippen molar-refractivity contribution in [1.29, 1.82) is 0 Å². The zero-order valence-corrected chi connectivity index (χ0v) is 17.8. The number of guanidine groups is 1. The Morgan fingerprint density at radius 1 is 1.20 bits per heavy atom. The first-order chi connectivity index (χ1) is 11.7. The molecule has 0 unspecified atom stereocenters. The zero-order valence-electron chi connectivity index (χ0n) is 15.4. The van der Waals surface area contributed by atoms with Crippen molar-refractivity contribution in [2.75, 3.05) is 33.4 Å². The van der Waals surface area contributed by atoms with Crippen molar-refractivity contribution < 1.29 is 9.53 Å². The van der Waals surface area contributed by atoms with Crippen molar-refractivity contribution in [3.05, 3.63) is 35.4 Å². The lowest BCUT2D eigenvalue weighted by molar-refractivity contribution is 0.0963. The van der Waals surface area contributed by atoms with Crippen LogP contribution >= 0.6 is 24.0 Å². The average Bonchev–Trinajstić information content (AvgIpc) is 2.62. The van der Waals surface area contributed by atoms with E-state index in [1.807, 2.05) is 32.0 Å². The van der Waals surface area contributed by atoms with Gasteiger partial charge in [-0.1, -0.05) is 12.1 Å². The molecule has 0 fully saturated rings. The minimum absolute atomic E-state index is 0. The predicted octanol–water partition coefficient (Wildman–Crippen LogP) is 2.54. The van der Waals surface area contributed by atoms with Gasteiger partial charge < -0.3 is 20.7 Å². The molecule has 0 heterocycles. The van der Waals surface area contributed by atoms with Gasteiger partial charge in [0, 0.05) is 38.9 Å². The summed E-state index contributed by atoms with van der Waals surface area (Å²) in [6, 6.07) is 7.52. The highest BCUT2D eigenvalue weighted by Gasteiger charge is 2.03. The van der Waals surface area contributed by atoms with Crippen LogP contribution in [0.25, 0.3) is 0 Å².